The van der Waals surface area contributed by atoms with Crippen molar-refractivity contribution < 1.29 is 17.5 Å². The SMILES string of the molecule is NS(=O)(=O)c1ccc(NCCN2CCOCC2)c(F)c1. The highest BCUT2D eigenvalue weighted by atomic mass is 32.2. The highest BCUT2D eigenvalue weighted by molar-refractivity contribution is 7.89. The van der Waals surface area contributed by atoms with E-state index in [-0.39, 0.29) is 10.6 Å². The topological polar surface area (TPSA) is 84.7 Å². The van der Waals surface area contributed by atoms with Crippen LogP contribution in [0.4, 0.5) is 10.1 Å². The normalized spacial score (nSPS) is 17.1. The molecule has 0 amide bonds. The van der Waals surface area contributed by atoms with E-state index in [1.54, 1.807) is 0 Å². The summed E-state index contributed by atoms with van der Waals surface area (Å²) in [7, 11) is -3.87. The largest absolute Gasteiger partial charge is 0.381 e. The molecule has 1 aliphatic rings. The van der Waals surface area contributed by atoms with Crippen LogP contribution in [0.2, 0.25) is 0 Å². The van der Waals surface area contributed by atoms with Crippen LogP contribution in [-0.2, 0) is 14.8 Å². The molecule has 6 nitrogen and oxygen atoms in total. The molecule has 1 aromatic carbocycles. The number of nitrogens with one attached hydrogen (secondary N) is 1. The molecule has 8 heteroatoms. The van der Waals surface area contributed by atoms with E-state index in [0.29, 0.717) is 6.54 Å². The lowest BCUT2D eigenvalue weighted by molar-refractivity contribution is 0.0398. The molecule has 0 unspecified atom stereocenters. The number of halogens is 1. The van der Waals surface area contributed by atoms with Gasteiger partial charge in [0.25, 0.3) is 0 Å². The molecule has 0 aromatic heterocycles. The fourth-order valence-corrected chi connectivity index (χ4v) is 2.52. The van der Waals surface area contributed by atoms with Crippen LogP contribution >= 0.6 is 0 Å². The molecule has 0 radical (unpaired) electrons. The number of hydrogen-bond acceptors (Lipinski definition) is 5. The smallest absolute Gasteiger partial charge is 0.238 e. The Labute approximate surface area is 117 Å². The van der Waals surface area contributed by atoms with E-state index < -0.39 is 15.8 Å². The minimum atomic E-state index is -3.87. The Balaban J connectivity index is 1.90. The van der Waals surface area contributed by atoms with Gasteiger partial charge in [0, 0.05) is 26.2 Å². The predicted molar refractivity (Wildman–Crippen MR) is 73.5 cm³/mol. The van der Waals surface area contributed by atoms with Crippen LogP contribution in [0.5, 0.6) is 0 Å². The Morgan fingerprint density at radius 1 is 1.35 bits per heavy atom. The predicted octanol–water partition coefficient (Wildman–Crippen LogP) is 0.217. The van der Waals surface area contributed by atoms with E-state index in [1.165, 1.54) is 12.1 Å². The van der Waals surface area contributed by atoms with Crippen molar-refractivity contribution >= 4 is 15.7 Å². The summed E-state index contributed by atoms with van der Waals surface area (Å²) in [5.74, 6) is -0.626. The van der Waals surface area contributed by atoms with Gasteiger partial charge in [-0.15, -0.1) is 0 Å². The zero-order valence-electron chi connectivity index (χ0n) is 11.0. The summed E-state index contributed by atoms with van der Waals surface area (Å²) >= 11 is 0. The van der Waals surface area contributed by atoms with Crippen molar-refractivity contribution in [3.63, 3.8) is 0 Å². The first-order chi connectivity index (χ1) is 9.47. The molecule has 0 atom stereocenters. The Morgan fingerprint density at radius 2 is 2.05 bits per heavy atom. The Kier molecular flexibility index (Phi) is 4.92. The molecule has 1 heterocycles. The lowest BCUT2D eigenvalue weighted by Crippen LogP contribution is -2.39. The van der Waals surface area contributed by atoms with Crippen LogP contribution in [0.15, 0.2) is 23.1 Å². The second-order valence-corrected chi connectivity index (χ2v) is 6.13. The van der Waals surface area contributed by atoms with Gasteiger partial charge in [-0.2, -0.15) is 0 Å². The van der Waals surface area contributed by atoms with Crippen LogP contribution in [0.25, 0.3) is 0 Å². The third-order valence-electron chi connectivity index (χ3n) is 3.12. The first-order valence-corrected chi connectivity index (χ1v) is 7.88. The molecular weight excluding hydrogens is 285 g/mol. The van der Waals surface area contributed by atoms with Crippen LogP contribution < -0.4 is 10.5 Å². The zero-order chi connectivity index (χ0) is 14.6. The quantitative estimate of drug-likeness (QED) is 0.813. The van der Waals surface area contributed by atoms with Crippen molar-refractivity contribution in [2.75, 3.05) is 44.7 Å². The lowest BCUT2D eigenvalue weighted by Gasteiger charge is -2.26. The maximum atomic E-state index is 13.7. The number of primary sulfonamides is 1. The number of anilines is 1. The average Bonchev–Trinajstić information content (AvgIpc) is 2.40. The van der Waals surface area contributed by atoms with Gasteiger partial charge < -0.3 is 10.1 Å². The van der Waals surface area contributed by atoms with Crippen LogP contribution in [0, 0.1) is 5.82 Å². The summed E-state index contributed by atoms with van der Waals surface area (Å²) in [5.41, 5.74) is 0.269. The zero-order valence-corrected chi connectivity index (χ0v) is 11.8. The first kappa shape index (κ1) is 15.2. The molecule has 0 spiro atoms. The summed E-state index contributed by atoms with van der Waals surface area (Å²) in [6.07, 6.45) is 0. The Morgan fingerprint density at radius 3 is 2.65 bits per heavy atom. The van der Waals surface area contributed by atoms with Crippen molar-refractivity contribution in [1.29, 1.82) is 0 Å². The number of hydrogen-bond donors (Lipinski definition) is 2. The monoisotopic (exact) mass is 303 g/mol. The maximum absolute atomic E-state index is 13.7. The molecule has 2 rings (SSSR count). The molecule has 3 N–H and O–H groups in total. The van der Waals surface area contributed by atoms with Gasteiger partial charge in [0.15, 0.2) is 0 Å². The van der Waals surface area contributed by atoms with Gasteiger partial charge in [0.05, 0.1) is 23.8 Å². The summed E-state index contributed by atoms with van der Waals surface area (Å²) in [6.45, 7) is 4.53. The molecule has 0 bridgehead atoms. The van der Waals surface area contributed by atoms with Gasteiger partial charge >= 0.3 is 0 Å². The maximum Gasteiger partial charge on any atom is 0.238 e. The van der Waals surface area contributed by atoms with Crippen molar-refractivity contribution in [3.05, 3.63) is 24.0 Å². The first-order valence-electron chi connectivity index (χ1n) is 6.33. The van der Waals surface area contributed by atoms with Gasteiger partial charge in [-0.25, -0.2) is 17.9 Å². The second-order valence-electron chi connectivity index (χ2n) is 4.57. The molecular formula is C12H18FN3O3S. The minimum absolute atomic E-state index is 0.228. The van der Waals surface area contributed by atoms with Crippen molar-refractivity contribution in [2.24, 2.45) is 5.14 Å². The Bertz CT molecular complexity index is 559. The minimum Gasteiger partial charge on any atom is -0.381 e. The number of nitrogens with zero attached hydrogens (tertiary/aromatic N) is 1. The van der Waals surface area contributed by atoms with Gasteiger partial charge in [-0.1, -0.05) is 0 Å². The van der Waals surface area contributed by atoms with Crippen molar-refractivity contribution in [3.8, 4) is 0 Å². The standard InChI is InChI=1S/C12H18FN3O3S/c13-11-9-10(20(14,17)18)1-2-12(11)15-3-4-16-5-7-19-8-6-16/h1-2,9,15H,3-8H2,(H2,14,17,18). The molecule has 0 saturated carbocycles. The highest BCUT2D eigenvalue weighted by Crippen LogP contribution is 2.17. The lowest BCUT2D eigenvalue weighted by atomic mass is 10.3. The fraction of sp³-hybridized carbons (Fsp3) is 0.500. The van der Waals surface area contributed by atoms with Gasteiger partial charge in [-0.05, 0) is 18.2 Å². The molecule has 1 aromatic rings. The van der Waals surface area contributed by atoms with E-state index in [2.05, 4.69) is 10.2 Å². The van der Waals surface area contributed by atoms with Crippen molar-refractivity contribution in [2.45, 2.75) is 4.90 Å². The Hall–Kier alpha value is -1.22. The van der Waals surface area contributed by atoms with Crippen molar-refractivity contribution in [1.82, 2.24) is 4.90 Å². The second kappa shape index (κ2) is 6.49. The fourth-order valence-electron chi connectivity index (χ4n) is 1.99. The number of rotatable bonds is 5. The number of benzene rings is 1. The van der Waals surface area contributed by atoms with E-state index >= 15 is 0 Å². The van der Waals surface area contributed by atoms with Gasteiger partial charge in [-0.3, -0.25) is 4.90 Å². The molecule has 112 valence electrons. The molecule has 0 aliphatic carbocycles. The summed E-state index contributed by atoms with van der Waals surface area (Å²) in [4.78, 5) is 1.99. The third-order valence-corrected chi connectivity index (χ3v) is 4.03. The van der Waals surface area contributed by atoms with E-state index in [4.69, 9.17) is 9.88 Å². The van der Waals surface area contributed by atoms with Crippen LogP contribution in [-0.4, -0.2) is 52.7 Å². The summed E-state index contributed by atoms with van der Waals surface area (Å²) < 4.78 is 41.1. The van der Waals surface area contributed by atoms with Gasteiger partial charge in [0.2, 0.25) is 10.0 Å². The van der Waals surface area contributed by atoms with E-state index in [1.807, 2.05) is 0 Å². The molecule has 20 heavy (non-hydrogen) atoms. The van der Waals surface area contributed by atoms with E-state index in [0.717, 1.165) is 38.9 Å². The number of nitrogens with two attached hydrogens (primary N) is 1. The molecule has 1 aliphatic heterocycles. The number of ether oxygens (including phenoxy) is 1. The van der Waals surface area contributed by atoms with Crippen LogP contribution in [0.3, 0.4) is 0 Å². The third kappa shape index (κ3) is 4.14. The van der Waals surface area contributed by atoms with E-state index in [9.17, 15) is 12.8 Å². The number of sulfonamides is 1. The molecule has 1 saturated heterocycles. The summed E-state index contributed by atoms with van der Waals surface area (Å²) in [5, 5.41) is 7.89. The van der Waals surface area contributed by atoms with Gasteiger partial charge in [0.1, 0.15) is 5.82 Å². The van der Waals surface area contributed by atoms with Crippen LogP contribution in [0.1, 0.15) is 0 Å². The average molecular weight is 303 g/mol. The highest BCUT2D eigenvalue weighted by Gasteiger charge is 2.12. The number of morpholine rings is 1. The molecule has 1 fully saturated rings. The summed E-state index contributed by atoms with van der Waals surface area (Å²) in [6, 6.07) is 3.59.